The highest BCUT2D eigenvalue weighted by Crippen LogP contribution is 2.13. The molecule has 1 aliphatic rings. The Labute approximate surface area is 224 Å². The second-order valence-electron chi connectivity index (χ2n) is 10.3. The molecule has 0 unspecified atom stereocenters. The molecule has 0 amide bonds. The van der Waals surface area contributed by atoms with E-state index in [1.165, 1.54) is 103 Å². The predicted molar refractivity (Wildman–Crippen MR) is 152 cm³/mol. The lowest BCUT2D eigenvalue weighted by Crippen LogP contribution is -2.33. The number of unbranched alkanes of at least 4 members (excludes halogenated alkanes) is 15. The molecular formula is C30H62N2O4. The van der Waals surface area contributed by atoms with Crippen molar-refractivity contribution in [3.05, 3.63) is 0 Å². The maximum Gasteiger partial charge on any atom is 0.0701 e. The molecule has 1 rings (SSSR count). The van der Waals surface area contributed by atoms with Gasteiger partial charge < -0.3 is 24.3 Å². The van der Waals surface area contributed by atoms with E-state index in [0.29, 0.717) is 26.4 Å². The lowest BCUT2D eigenvalue weighted by molar-refractivity contribution is 0.0204. The maximum absolute atomic E-state index is 5.79. The zero-order valence-electron chi connectivity index (χ0n) is 24.1. The minimum Gasteiger partial charge on any atom is -0.378 e. The van der Waals surface area contributed by atoms with E-state index < -0.39 is 0 Å². The molecule has 36 heavy (non-hydrogen) atoms. The van der Waals surface area contributed by atoms with E-state index in [2.05, 4.69) is 17.1 Å². The van der Waals surface area contributed by atoms with Gasteiger partial charge in [-0.15, -0.1) is 0 Å². The summed E-state index contributed by atoms with van der Waals surface area (Å²) in [6.07, 6.45) is 22.6. The smallest absolute Gasteiger partial charge is 0.0701 e. The van der Waals surface area contributed by atoms with Crippen molar-refractivity contribution in [1.29, 1.82) is 0 Å². The summed E-state index contributed by atoms with van der Waals surface area (Å²) in [6, 6.07) is 0. The van der Waals surface area contributed by atoms with Crippen LogP contribution < -0.4 is 5.32 Å². The van der Waals surface area contributed by atoms with Crippen molar-refractivity contribution >= 4 is 0 Å². The van der Waals surface area contributed by atoms with Gasteiger partial charge in [-0.2, -0.15) is 0 Å². The Morgan fingerprint density at radius 1 is 0.444 bits per heavy atom. The van der Waals surface area contributed by atoms with Gasteiger partial charge in [0.2, 0.25) is 0 Å². The molecule has 216 valence electrons. The van der Waals surface area contributed by atoms with Crippen LogP contribution in [0.15, 0.2) is 0 Å². The topological polar surface area (TPSA) is 52.2 Å². The van der Waals surface area contributed by atoms with Gasteiger partial charge in [0.1, 0.15) is 0 Å². The Morgan fingerprint density at radius 3 is 1.22 bits per heavy atom. The van der Waals surface area contributed by atoms with Gasteiger partial charge in [-0.3, -0.25) is 4.90 Å². The van der Waals surface area contributed by atoms with Crippen LogP contribution >= 0.6 is 0 Å². The maximum atomic E-state index is 5.79. The number of rotatable bonds is 17. The third-order valence-electron chi connectivity index (χ3n) is 7.02. The molecule has 0 bridgehead atoms. The summed E-state index contributed by atoms with van der Waals surface area (Å²) < 4.78 is 22.8. The molecule has 0 aromatic rings. The van der Waals surface area contributed by atoms with Crippen molar-refractivity contribution in [2.75, 3.05) is 85.6 Å². The quantitative estimate of drug-likeness (QED) is 0.233. The fraction of sp³-hybridized carbons (Fsp3) is 1.00. The highest BCUT2D eigenvalue weighted by Gasteiger charge is 2.06. The van der Waals surface area contributed by atoms with E-state index in [1.54, 1.807) is 0 Å². The molecular weight excluding hydrogens is 452 g/mol. The van der Waals surface area contributed by atoms with E-state index in [9.17, 15) is 0 Å². The van der Waals surface area contributed by atoms with Crippen molar-refractivity contribution in [3.8, 4) is 0 Å². The highest BCUT2D eigenvalue weighted by atomic mass is 16.5. The van der Waals surface area contributed by atoms with E-state index >= 15 is 0 Å². The summed E-state index contributed by atoms with van der Waals surface area (Å²) >= 11 is 0. The third kappa shape index (κ3) is 25.4. The summed E-state index contributed by atoms with van der Waals surface area (Å²) in [4.78, 5) is 2.50. The molecule has 0 aliphatic carbocycles. The van der Waals surface area contributed by atoms with Crippen molar-refractivity contribution < 1.29 is 18.9 Å². The van der Waals surface area contributed by atoms with Crippen LogP contribution in [-0.4, -0.2) is 90.5 Å². The standard InChI is InChI=1S/C30H62N2O4/c1-2-3-4-5-6-7-8-9-10-11-12-13-14-15-16-17-20-32-21-25-35-29-27-33-23-18-31-19-24-34-28-30-36-26-22-32/h31H,2-30H2,1H3. The van der Waals surface area contributed by atoms with Gasteiger partial charge in [-0.1, -0.05) is 103 Å². The monoisotopic (exact) mass is 514 g/mol. The summed E-state index contributed by atoms with van der Waals surface area (Å²) in [6.45, 7) is 12.7. The van der Waals surface area contributed by atoms with Crippen LogP contribution in [-0.2, 0) is 18.9 Å². The first-order chi connectivity index (χ1) is 17.9. The molecule has 6 nitrogen and oxygen atoms in total. The van der Waals surface area contributed by atoms with Crippen molar-refractivity contribution in [2.45, 2.75) is 110 Å². The Morgan fingerprint density at radius 2 is 0.806 bits per heavy atom. The first-order valence-corrected chi connectivity index (χ1v) is 15.7. The van der Waals surface area contributed by atoms with Crippen LogP contribution in [0.2, 0.25) is 0 Å². The summed E-state index contributed by atoms with van der Waals surface area (Å²) in [7, 11) is 0. The molecule has 1 heterocycles. The minimum atomic E-state index is 0.667. The average molecular weight is 515 g/mol. The van der Waals surface area contributed by atoms with Crippen LogP contribution in [0, 0.1) is 0 Å². The number of ether oxygens (including phenoxy) is 4. The molecule has 1 saturated heterocycles. The zero-order chi connectivity index (χ0) is 25.6. The zero-order valence-corrected chi connectivity index (χ0v) is 24.1. The Balaban J connectivity index is 1.97. The first kappa shape index (κ1) is 33.8. The molecule has 0 aromatic heterocycles. The Bertz CT molecular complexity index is 396. The Kier molecular flexibility index (Phi) is 27.5. The number of nitrogens with one attached hydrogen (secondary N) is 1. The number of hydrogen-bond donors (Lipinski definition) is 1. The van der Waals surface area contributed by atoms with Crippen molar-refractivity contribution in [3.63, 3.8) is 0 Å². The predicted octanol–water partition coefficient (Wildman–Crippen LogP) is 6.22. The van der Waals surface area contributed by atoms with Gasteiger partial charge in [-0.25, -0.2) is 0 Å². The highest BCUT2D eigenvalue weighted by molar-refractivity contribution is 4.59. The van der Waals surface area contributed by atoms with Gasteiger partial charge in [0.15, 0.2) is 0 Å². The van der Waals surface area contributed by atoms with E-state index in [1.807, 2.05) is 0 Å². The lowest BCUT2D eigenvalue weighted by Gasteiger charge is -2.22. The van der Waals surface area contributed by atoms with Crippen LogP contribution in [0.5, 0.6) is 0 Å². The van der Waals surface area contributed by atoms with E-state index in [4.69, 9.17) is 18.9 Å². The van der Waals surface area contributed by atoms with Crippen molar-refractivity contribution in [2.24, 2.45) is 0 Å². The van der Waals surface area contributed by atoms with E-state index in [-0.39, 0.29) is 0 Å². The molecule has 0 atom stereocenters. The van der Waals surface area contributed by atoms with Crippen LogP contribution in [0.1, 0.15) is 110 Å². The molecule has 0 saturated carbocycles. The molecule has 0 aromatic carbocycles. The van der Waals surface area contributed by atoms with Gasteiger partial charge in [0, 0.05) is 26.2 Å². The third-order valence-corrected chi connectivity index (χ3v) is 7.02. The SMILES string of the molecule is CCCCCCCCCCCCCCCCCCN1CCOCCOCCNCCOCCOCC1. The summed E-state index contributed by atoms with van der Waals surface area (Å²) in [5.74, 6) is 0. The molecule has 0 spiro atoms. The van der Waals surface area contributed by atoms with E-state index in [0.717, 1.165) is 59.2 Å². The largest absolute Gasteiger partial charge is 0.378 e. The second kappa shape index (κ2) is 29.3. The molecule has 1 fully saturated rings. The Hall–Kier alpha value is -0.240. The lowest BCUT2D eigenvalue weighted by atomic mass is 10.0. The summed E-state index contributed by atoms with van der Waals surface area (Å²) in [5.41, 5.74) is 0. The molecule has 1 aliphatic heterocycles. The number of hydrogen-bond acceptors (Lipinski definition) is 6. The van der Waals surface area contributed by atoms with Gasteiger partial charge in [0.25, 0.3) is 0 Å². The minimum absolute atomic E-state index is 0.667. The number of nitrogens with zero attached hydrogens (tertiary/aromatic N) is 1. The first-order valence-electron chi connectivity index (χ1n) is 15.7. The fourth-order valence-corrected chi connectivity index (χ4v) is 4.66. The second-order valence-corrected chi connectivity index (χ2v) is 10.3. The fourth-order valence-electron chi connectivity index (χ4n) is 4.66. The van der Waals surface area contributed by atoms with Gasteiger partial charge in [-0.05, 0) is 13.0 Å². The van der Waals surface area contributed by atoms with Crippen LogP contribution in [0.3, 0.4) is 0 Å². The van der Waals surface area contributed by atoms with Gasteiger partial charge >= 0.3 is 0 Å². The van der Waals surface area contributed by atoms with Crippen molar-refractivity contribution in [1.82, 2.24) is 10.2 Å². The molecule has 0 radical (unpaired) electrons. The molecule has 1 N–H and O–H groups in total. The van der Waals surface area contributed by atoms with Crippen LogP contribution in [0.4, 0.5) is 0 Å². The summed E-state index contributed by atoms with van der Waals surface area (Å²) in [5, 5.41) is 3.31. The van der Waals surface area contributed by atoms with Crippen LogP contribution in [0.25, 0.3) is 0 Å². The van der Waals surface area contributed by atoms with Gasteiger partial charge in [0.05, 0.1) is 52.9 Å². The normalized spacial score (nSPS) is 18.6. The molecule has 6 heteroatoms. The average Bonchev–Trinajstić information content (AvgIpc) is 2.89.